The minimum absolute atomic E-state index is 0.0580. The van der Waals surface area contributed by atoms with E-state index in [2.05, 4.69) is 10.1 Å². The molecule has 9 heteroatoms. The van der Waals surface area contributed by atoms with Crippen LogP contribution in [0.2, 0.25) is 0 Å². The van der Waals surface area contributed by atoms with Gasteiger partial charge >= 0.3 is 12.1 Å². The van der Waals surface area contributed by atoms with Gasteiger partial charge in [-0.3, -0.25) is 9.00 Å². The second kappa shape index (κ2) is 10.2. The van der Waals surface area contributed by atoms with Gasteiger partial charge in [-0.25, -0.2) is 4.79 Å². The Balaban J connectivity index is 2.00. The number of carbonyl (C=O) groups is 2. The van der Waals surface area contributed by atoms with E-state index in [1.807, 2.05) is 0 Å². The molecular formula is C20H20F3NO4S. The highest BCUT2D eigenvalue weighted by Gasteiger charge is 2.30. The molecule has 0 aliphatic heterocycles. The first-order valence-corrected chi connectivity index (χ1v) is 9.99. The van der Waals surface area contributed by atoms with Gasteiger partial charge in [0.2, 0.25) is 5.91 Å². The number of amides is 1. The lowest BCUT2D eigenvalue weighted by Gasteiger charge is -2.16. The highest BCUT2D eigenvalue weighted by Crippen LogP contribution is 2.29. The molecule has 0 saturated carbocycles. The summed E-state index contributed by atoms with van der Waals surface area (Å²) in [7, 11) is -0.217. The fourth-order valence-electron chi connectivity index (χ4n) is 2.59. The average molecular weight is 427 g/mol. The van der Waals surface area contributed by atoms with Gasteiger partial charge in [-0.05, 0) is 30.2 Å². The summed E-state index contributed by atoms with van der Waals surface area (Å²) < 4.78 is 55.3. The number of hydrogen-bond donors (Lipinski definition) is 1. The summed E-state index contributed by atoms with van der Waals surface area (Å²) in [5.74, 6) is -1.24. The van der Waals surface area contributed by atoms with Crippen LogP contribution < -0.4 is 5.32 Å². The van der Waals surface area contributed by atoms with Crippen molar-refractivity contribution in [2.75, 3.05) is 12.9 Å². The molecule has 0 unspecified atom stereocenters. The second-order valence-corrected chi connectivity index (χ2v) is 7.74. The molecular weight excluding hydrogens is 407 g/mol. The van der Waals surface area contributed by atoms with Crippen LogP contribution in [0, 0.1) is 0 Å². The van der Waals surface area contributed by atoms with E-state index in [1.165, 1.54) is 12.1 Å². The number of ether oxygens (including phenoxy) is 1. The molecule has 156 valence electrons. The van der Waals surface area contributed by atoms with E-state index in [4.69, 9.17) is 0 Å². The van der Waals surface area contributed by atoms with Crippen molar-refractivity contribution in [1.29, 1.82) is 0 Å². The first-order valence-electron chi connectivity index (χ1n) is 8.67. The van der Waals surface area contributed by atoms with Crippen LogP contribution in [-0.4, -0.2) is 35.0 Å². The van der Waals surface area contributed by atoms with E-state index in [9.17, 15) is 27.0 Å². The first-order chi connectivity index (χ1) is 13.7. The Hall–Kier alpha value is -2.68. The number of rotatable bonds is 8. The Morgan fingerprint density at radius 1 is 1.10 bits per heavy atom. The molecule has 0 heterocycles. The van der Waals surface area contributed by atoms with Gasteiger partial charge in [0.1, 0.15) is 6.04 Å². The summed E-state index contributed by atoms with van der Waals surface area (Å²) in [5.41, 5.74) is -0.695. The molecule has 5 nitrogen and oxygen atoms in total. The number of nitrogens with one attached hydrogen (secondary N) is 1. The summed E-state index contributed by atoms with van der Waals surface area (Å²) in [6.45, 7) is 0. The SMILES string of the molecule is COC(=O)[C@H](CC[S@@](=O)c1ccccc1)NC(=O)Cc1cccc(C(F)(F)F)c1. The highest BCUT2D eigenvalue weighted by atomic mass is 32.2. The maximum Gasteiger partial charge on any atom is 0.416 e. The standard InChI is InChI=1S/C20H20F3NO4S/c1-28-19(26)17(10-11-29(27)16-8-3-2-4-9-16)24-18(25)13-14-6-5-7-15(12-14)20(21,22)23/h2-9,12,17H,10-11,13H2,1H3,(H,24,25)/t17-,29+/m0/s1. The Morgan fingerprint density at radius 3 is 2.41 bits per heavy atom. The molecule has 0 radical (unpaired) electrons. The molecule has 0 bridgehead atoms. The first kappa shape index (κ1) is 22.6. The van der Waals surface area contributed by atoms with Crippen LogP contribution in [0.3, 0.4) is 0 Å². The van der Waals surface area contributed by atoms with E-state index in [1.54, 1.807) is 30.3 Å². The summed E-state index contributed by atoms with van der Waals surface area (Å²) in [6.07, 6.45) is -4.79. The third-order valence-corrected chi connectivity index (χ3v) is 5.44. The number of esters is 1. The topological polar surface area (TPSA) is 72.5 Å². The number of carbonyl (C=O) groups excluding carboxylic acids is 2. The van der Waals surface area contributed by atoms with Crippen LogP contribution >= 0.6 is 0 Å². The Morgan fingerprint density at radius 2 is 1.79 bits per heavy atom. The Bertz CT molecular complexity index is 872. The van der Waals surface area contributed by atoms with Gasteiger partial charge in [-0.15, -0.1) is 0 Å². The molecule has 2 atom stereocenters. The van der Waals surface area contributed by atoms with Crippen molar-refractivity contribution < 1.29 is 31.7 Å². The lowest BCUT2D eigenvalue weighted by molar-refractivity contribution is -0.145. The fourth-order valence-corrected chi connectivity index (χ4v) is 3.74. The quantitative estimate of drug-likeness (QED) is 0.657. The van der Waals surface area contributed by atoms with Crippen molar-refractivity contribution in [3.8, 4) is 0 Å². The van der Waals surface area contributed by atoms with E-state index in [-0.39, 0.29) is 24.2 Å². The van der Waals surface area contributed by atoms with E-state index < -0.39 is 40.5 Å². The predicted molar refractivity (Wildman–Crippen MR) is 101 cm³/mol. The van der Waals surface area contributed by atoms with Crippen LogP contribution in [0.25, 0.3) is 0 Å². The number of halogens is 3. The Labute approximate surface area is 168 Å². The van der Waals surface area contributed by atoms with Crippen molar-refractivity contribution in [3.63, 3.8) is 0 Å². The van der Waals surface area contributed by atoms with Gasteiger partial charge in [0, 0.05) is 10.6 Å². The smallest absolute Gasteiger partial charge is 0.416 e. The van der Waals surface area contributed by atoms with Crippen molar-refractivity contribution in [2.24, 2.45) is 0 Å². The average Bonchev–Trinajstić information content (AvgIpc) is 2.70. The van der Waals surface area contributed by atoms with Crippen LogP contribution in [0.1, 0.15) is 17.5 Å². The van der Waals surface area contributed by atoms with Crippen LogP contribution in [-0.2, 0) is 37.7 Å². The fraction of sp³-hybridized carbons (Fsp3) is 0.300. The molecule has 0 saturated heterocycles. The maximum absolute atomic E-state index is 12.8. The van der Waals surface area contributed by atoms with Gasteiger partial charge in [0.15, 0.2) is 0 Å². The monoisotopic (exact) mass is 427 g/mol. The number of hydrogen-bond acceptors (Lipinski definition) is 4. The normalized spacial score (nSPS) is 13.4. The zero-order chi connectivity index (χ0) is 21.4. The van der Waals surface area contributed by atoms with Gasteiger partial charge < -0.3 is 10.1 Å². The molecule has 0 aliphatic rings. The molecule has 2 aromatic rings. The molecule has 1 amide bonds. The van der Waals surface area contributed by atoms with E-state index in [0.717, 1.165) is 19.2 Å². The Kier molecular flexibility index (Phi) is 7.95. The third kappa shape index (κ3) is 7.01. The van der Waals surface area contributed by atoms with Crippen molar-refractivity contribution in [3.05, 3.63) is 65.7 Å². The van der Waals surface area contributed by atoms with Gasteiger partial charge in [0.05, 0.1) is 29.9 Å². The van der Waals surface area contributed by atoms with Crippen molar-refractivity contribution in [1.82, 2.24) is 5.32 Å². The molecule has 0 fully saturated rings. The molecule has 1 N–H and O–H groups in total. The number of alkyl halides is 3. The molecule has 2 aromatic carbocycles. The molecule has 0 aliphatic carbocycles. The van der Waals surface area contributed by atoms with Gasteiger partial charge in [0.25, 0.3) is 0 Å². The van der Waals surface area contributed by atoms with Crippen LogP contribution in [0.15, 0.2) is 59.5 Å². The van der Waals surface area contributed by atoms with Crippen LogP contribution in [0.4, 0.5) is 13.2 Å². The predicted octanol–water partition coefficient (Wildman–Crippen LogP) is 3.10. The van der Waals surface area contributed by atoms with Gasteiger partial charge in [-0.1, -0.05) is 36.4 Å². The summed E-state index contributed by atoms with van der Waals surface area (Å²) in [5, 5.41) is 2.45. The second-order valence-electron chi connectivity index (χ2n) is 6.17. The maximum atomic E-state index is 12.8. The zero-order valence-electron chi connectivity index (χ0n) is 15.6. The number of methoxy groups -OCH3 is 1. The number of benzene rings is 2. The minimum Gasteiger partial charge on any atom is -0.467 e. The van der Waals surface area contributed by atoms with Gasteiger partial charge in [-0.2, -0.15) is 13.2 Å². The van der Waals surface area contributed by atoms with Crippen LogP contribution in [0.5, 0.6) is 0 Å². The highest BCUT2D eigenvalue weighted by molar-refractivity contribution is 7.85. The van der Waals surface area contributed by atoms with E-state index in [0.29, 0.717) is 4.90 Å². The summed E-state index contributed by atoms with van der Waals surface area (Å²) in [6, 6.07) is 12.0. The summed E-state index contributed by atoms with van der Waals surface area (Å²) in [4.78, 5) is 24.8. The molecule has 29 heavy (non-hydrogen) atoms. The summed E-state index contributed by atoms with van der Waals surface area (Å²) >= 11 is 0. The largest absolute Gasteiger partial charge is 0.467 e. The molecule has 0 spiro atoms. The van der Waals surface area contributed by atoms with E-state index >= 15 is 0 Å². The zero-order valence-corrected chi connectivity index (χ0v) is 16.4. The minimum atomic E-state index is -4.51. The van der Waals surface area contributed by atoms with Crippen molar-refractivity contribution in [2.45, 2.75) is 30.0 Å². The molecule has 2 rings (SSSR count). The van der Waals surface area contributed by atoms with Crippen molar-refractivity contribution >= 4 is 22.7 Å². The lowest BCUT2D eigenvalue weighted by Crippen LogP contribution is -2.43. The third-order valence-electron chi connectivity index (χ3n) is 4.04. The lowest BCUT2D eigenvalue weighted by atomic mass is 10.1. The molecule has 0 aromatic heterocycles.